The number of ether oxygens (including phenoxy) is 1. The number of piperidine rings is 1. The summed E-state index contributed by atoms with van der Waals surface area (Å²) < 4.78 is 6.10. The van der Waals surface area contributed by atoms with Gasteiger partial charge >= 0.3 is 0 Å². The summed E-state index contributed by atoms with van der Waals surface area (Å²) in [6.45, 7) is 7.97. The average Bonchev–Trinajstić information content (AvgIpc) is 2.45. The predicted octanol–water partition coefficient (Wildman–Crippen LogP) is 4.53. The third-order valence-corrected chi connectivity index (χ3v) is 4.26. The van der Waals surface area contributed by atoms with Crippen LogP contribution < -0.4 is 5.32 Å². The Morgan fingerprint density at radius 1 is 1.11 bits per heavy atom. The molecule has 1 fully saturated rings. The van der Waals surface area contributed by atoms with Crippen LogP contribution in [0.4, 0.5) is 0 Å². The first-order valence-corrected chi connectivity index (χ1v) is 8.69. The summed E-state index contributed by atoms with van der Waals surface area (Å²) in [4.78, 5) is 0. The Morgan fingerprint density at radius 3 is 2.68 bits per heavy atom. The standard InChI is InChI=1S/C17H35NO/c1-3-5-6-7-14-19-17(9-4-2)12-11-16-10-8-13-18-15-16/h16-18H,3-15H2,1-2H3. The zero-order valence-electron chi connectivity index (χ0n) is 13.3. The van der Waals surface area contributed by atoms with Crippen molar-refractivity contribution >= 4 is 0 Å². The molecule has 0 radical (unpaired) electrons. The molecule has 114 valence electrons. The zero-order valence-corrected chi connectivity index (χ0v) is 13.3. The smallest absolute Gasteiger partial charge is 0.0575 e. The van der Waals surface area contributed by atoms with Crippen LogP contribution in [0.1, 0.15) is 78.1 Å². The van der Waals surface area contributed by atoms with Crippen molar-refractivity contribution in [1.29, 1.82) is 0 Å². The van der Waals surface area contributed by atoms with Crippen molar-refractivity contribution in [2.45, 2.75) is 84.2 Å². The van der Waals surface area contributed by atoms with E-state index in [1.165, 1.54) is 77.3 Å². The van der Waals surface area contributed by atoms with Gasteiger partial charge in [0, 0.05) is 6.61 Å². The Hall–Kier alpha value is -0.0800. The van der Waals surface area contributed by atoms with E-state index in [0.29, 0.717) is 6.10 Å². The van der Waals surface area contributed by atoms with Crippen LogP contribution in [0, 0.1) is 5.92 Å². The molecular formula is C17H35NO. The highest BCUT2D eigenvalue weighted by Gasteiger charge is 2.15. The fourth-order valence-electron chi connectivity index (χ4n) is 3.00. The molecule has 0 aliphatic carbocycles. The van der Waals surface area contributed by atoms with Gasteiger partial charge in [-0.15, -0.1) is 0 Å². The molecule has 0 aromatic carbocycles. The van der Waals surface area contributed by atoms with Crippen LogP contribution in [0.2, 0.25) is 0 Å². The summed E-state index contributed by atoms with van der Waals surface area (Å²) in [6, 6.07) is 0. The van der Waals surface area contributed by atoms with Crippen molar-refractivity contribution in [3.8, 4) is 0 Å². The van der Waals surface area contributed by atoms with E-state index in [4.69, 9.17) is 4.74 Å². The minimum absolute atomic E-state index is 0.522. The second kappa shape index (κ2) is 11.7. The highest BCUT2D eigenvalue weighted by Crippen LogP contribution is 2.20. The van der Waals surface area contributed by atoms with Crippen LogP contribution in [0.25, 0.3) is 0 Å². The predicted molar refractivity (Wildman–Crippen MR) is 83.6 cm³/mol. The first kappa shape index (κ1) is 17.0. The lowest BCUT2D eigenvalue weighted by molar-refractivity contribution is 0.0338. The second-order valence-corrected chi connectivity index (χ2v) is 6.13. The van der Waals surface area contributed by atoms with E-state index in [9.17, 15) is 0 Å². The third kappa shape index (κ3) is 8.65. The highest BCUT2D eigenvalue weighted by atomic mass is 16.5. The Kier molecular flexibility index (Phi) is 10.5. The molecule has 0 bridgehead atoms. The van der Waals surface area contributed by atoms with Crippen LogP contribution in [0.3, 0.4) is 0 Å². The highest BCUT2D eigenvalue weighted by molar-refractivity contribution is 4.71. The van der Waals surface area contributed by atoms with Gasteiger partial charge in [0.25, 0.3) is 0 Å². The summed E-state index contributed by atoms with van der Waals surface area (Å²) in [7, 11) is 0. The van der Waals surface area contributed by atoms with Gasteiger partial charge in [0.2, 0.25) is 0 Å². The molecule has 1 rings (SSSR count). The number of unbranched alkanes of at least 4 members (excludes halogenated alkanes) is 3. The molecule has 1 saturated heterocycles. The molecule has 2 heteroatoms. The second-order valence-electron chi connectivity index (χ2n) is 6.13. The summed E-state index contributed by atoms with van der Waals surface area (Å²) in [5.74, 6) is 0.900. The summed E-state index contributed by atoms with van der Waals surface area (Å²) in [6.07, 6.45) is 13.7. The van der Waals surface area contributed by atoms with E-state index >= 15 is 0 Å². The monoisotopic (exact) mass is 269 g/mol. The van der Waals surface area contributed by atoms with Gasteiger partial charge in [-0.2, -0.15) is 0 Å². The molecule has 0 amide bonds. The van der Waals surface area contributed by atoms with Crippen molar-refractivity contribution in [2.24, 2.45) is 5.92 Å². The largest absolute Gasteiger partial charge is 0.378 e. The van der Waals surface area contributed by atoms with Crippen molar-refractivity contribution < 1.29 is 4.74 Å². The van der Waals surface area contributed by atoms with E-state index < -0.39 is 0 Å². The summed E-state index contributed by atoms with van der Waals surface area (Å²) >= 11 is 0. The quantitative estimate of drug-likeness (QED) is 0.556. The first-order chi connectivity index (χ1) is 9.36. The minimum Gasteiger partial charge on any atom is -0.378 e. The molecule has 2 atom stereocenters. The maximum Gasteiger partial charge on any atom is 0.0575 e. The number of rotatable bonds is 11. The van der Waals surface area contributed by atoms with Crippen molar-refractivity contribution in [3.63, 3.8) is 0 Å². The normalized spacial score (nSPS) is 21.5. The lowest BCUT2D eigenvalue weighted by Gasteiger charge is -2.25. The van der Waals surface area contributed by atoms with Gasteiger partial charge in [0.1, 0.15) is 0 Å². The van der Waals surface area contributed by atoms with Crippen molar-refractivity contribution in [3.05, 3.63) is 0 Å². The fraction of sp³-hybridized carbons (Fsp3) is 1.00. The molecule has 1 N–H and O–H groups in total. The molecule has 0 aromatic heterocycles. The van der Waals surface area contributed by atoms with E-state index in [0.717, 1.165) is 12.5 Å². The van der Waals surface area contributed by atoms with E-state index in [1.807, 2.05) is 0 Å². The lowest BCUT2D eigenvalue weighted by Crippen LogP contribution is -2.30. The topological polar surface area (TPSA) is 21.3 Å². The maximum atomic E-state index is 6.10. The Labute approximate surface area is 120 Å². The SMILES string of the molecule is CCCCCCOC(CCC)CCC1CCCNC1. The maximum absolute atomic E-state index is 6.10. The first-order valence-electron chi connectivity index (χ1n) is 8.69. The Bertz CT molecular complexity index is 190. The molecular weight excluding hydrogens is 234 g/mol. The number of nitrogens with one attached hydrogen (secondary N) is 1. The van der Waals surface area contributed by atoms with Crippen molar-refractivity contribution in [1.82, 2.24) is 5.32 Å². The van der Waals surface area contributed by atoms with Crippen LogP contribution in [0.5, 0.6) is 0 Å². The molecule has 2 unspecified atom stereocenters. The van der Waals surface area contributed by atoms with E-state index in [2.05, 4.69) is 19.2 Å². The van der Waals surface area contributed by atoms with Crippen molar-refractivity contribution in [2.75, 3.05) is 19.7 Å². The van der Waals surface area contributed by atoms with E-state index in [1.54, 1.807) is 0 Å². The lowest BCUT2D eigenvalue weighted by atomic mass is 9.92. The molecule has 0 spiro atoms. The molecule has 1 heterocycles. The van der Waals surface area contributed by atoms with Gasteiger partial charge in [-0.25, -0.2) is 0 Å². The molecule has 1 aliphatic heterocycles. The molecule has 2 nitrogen and oxygen atoms in total. The van der Waals surface area contributed by atoms with Gasteiger partial charge in [-0.3, -0.25) is 0 Å². The summed E-state index contributed by atoms with van der Waals surface area (Å²) in [5.41, 5.74) is 0. The van der Waals surface area contributed by atoms with Crippen LogP contribution in [0.15, 0.2) is 0 Å². The molecule has 1 aliphatic rings. The van der Waals surface area contributed by atoms with Gasteiger partial charge in [0.05, 0.1) is 6.10 Å². The van der Waals surface area contributed by atoms with Gasteiger partial charge in [-0.1, -0.05) is 39.5 Å². The van der Waals surface area contributed by atoms with Crippen LogP contribution in [-0.4, -0.2) is 25.8 Å². The molecule has 19 heavy (non-hydrogen) atoms. The van der Waals surface area contributed by atoms with Crippen LogP contribution >= 0.6 is 0 Å². The summed E-state index contributed by atoms with van der Waals surface area (Å²) in [5, 5.41) is 3.52. The van der Waals surface area contributed by atoms with Gasteiger partial charge in [0.15, 0.2) is 0 Å². The van der Waals surface area contributed by atoms with Crippen LogP contribution in [-0.2, 0) is 4.74 Å². The molecule has 0 aromatic rings. The third-order valence-electron chi connectivity index (χ3n) is 4.26. The Balaban J connectivity index is 2.08. The fourth-order valence-corrected chi connectivity index (χ4v) is 3.00. The van der Waals surface area contributed by atoms with Gasteiger partial charge < -0.3 is 10.1 Å². The molecule has 0 saturated carbocycles. The number of hydrogen-bond acceptors (Lipinski definition) is 2. The zero-order chi connectivity index (χ0) is 13.8. The van der Waals surface area contributed by atoms with E-state index in [-0.39, 0.29) is 0 Å². The average molecular weight is 269 g/mol. The minimum atomic E-state index is 0.522. The van der Waals surface area contributed by atoms with Gasteiger partial charge in [-0.05, 0) is 57.5 Å². The Morgan fingerprint density at radius 2 is 2.00 bits per heavy atom. The number of hydrogen-bond donors (Lipinski definition) is 1.